The minimum atomic E-state index is -0.275. The summed E-state index contributed by atoms with van der Waals surface area (Å²) in [6.07, 6.45) is 2.23. The van der Waals surface area contributed by atoms with E-state index in [1.54, 1.807) is 12.1 Å². The summed E-state index contributed by atoms with van der Waals surface area (Å²) in [6.45, 7) is 3.01. The SMILES string of the molecule is CC(NC(=O)Cn1cnc2ccc(Br)cc2c1=O)c1ccc2c(c1)OCCCO2. The zero-order valence-corrected chi connectivity index (χ0v) is 17.4. The van der Waals surface area contributed by atoms with Crippen molar-refractivity contribution >= 4 is 32.7 Å². The van der Waals surface area contributed by atoms with Crippen LogP contribution in [0.1, 0.15) is 24.9 Å². The predicted octanol–water partition coefficient (Wildman–Crippen LogP) is 3.20. The molecule has 29 heavy (non-hydrogen) atoms. The van der Waals surface area contributed by atoms with Crippen molar-refractivity contribution in [2.24, 2.45) is 0 Å². The zero-order valence-electron chi connectivity index (χ0n) is 15.9. The second-order valence-electron chi connectivity index (χ2n) is 6.88. The smallest absolute Gasteiger partial charge is 0.261 e. The molecule has 0 spiro atoms. The standard InChI is InChI=1S/C21H20BrN3O4/c1-13(14-3-6-18-19(9-14)29-8-2-7-28-18)24-20(26)11-25-12-23-17-5-4-15(22)10-16(17)21(25)27/h3-6,9-10,12-13H,2,7-8,11H2,1H3,(H,24,26). The number of nitrogens with zero attached hydrogens (tertiary/aromatic N) is 2. The minimum absolute atomic E-state index is 0.108. The van der Waals surface area contributed by atoms with E-state index in [1.165, 1.54) is 10.9 Å². The molecular weight excluding hydrogens is 438 g/mol. The number of rotatable bonds is 4. The second-order valence-corrected chi connectivity index (χ2v) is 7.80. The van der Waals surface area contributed by atoms with E-state index in [0.29, 0.717) is 35.6 Å². The summed E-state index contributed by atoms with van der Waals surface area (Å²) in [5.41, 5.74) is 1.24. The average Bonchev–Trinajstić information content (AvgIpc) is 2.95. The number of nitrogens with one attached hydrogen (secondary N) is 1. The summed E-state index contributed by atoms with van der Waals surface area (Å²) in [7, 11) is 0. The molecule has 0 bridgehead atoms. The van der Waals surface area contributed by atoms with Crippen molar-refractivity contribution in [1.29, 1.82) is 0 Å². The van der Waals surface area contributed by atoms with E-state index in [2.05, 4.69) is 26.2 Å². The molecule has 0 fully saturated rings. The Labute approximate surface area is 175 Å². The van der Waals surface area contributed by atoms with Crippen LogP contribution in [0.2, 0.25) is 0 Å². The summed E-state index contributed by atoms with van der Waals surface area (Å²) in [5.74, 6) is 1.12. The van der Waals surface area contributed by atoms with Crippen molar-refractivity contribution in [3.63, 3.8) is 0 Å². The molecule has 1 amide bonds. The molecule has 0 radical (unpaired) electrons. The molecule has 150 valence electrons. The van der Waals surface area contributed by atoms with Crippen LogP contribution in [0.5, 0.6) is 11.5 Å². The summed E-state index contributed by atoms with van der Waals surface area (Å²) in [4.78, 5) is 29.5. The summed E-state index contributed by atoms with van der Waals surface area (Å²) in [6, 6.07) is 10.7. The molecule has 1 atom stereocenters. The Morgan fingerprint density at radius 3 is 2.83 bits per heavy atom. The van der Waals surface area contributed by atoms with Gasteiger partial charge in [-0.3, -0.25) is 14.2 Å². The Morgan fingerprint density at radius 2 is 2.00 bits per heavy atom. The van der Waals surface area contributed by atoms with Gasteiger partial charge < -0.3 is 14.8 Å². The van der Waals surface area contributed by atoms with Gasteiger partial charge in [0.25, 0.3) is 5.56 Å². The van der Waals surface area contributed by atoms with Crippen molar-refractivity contribution in [2.75, 3.05) is 13.2 Å². The van der Waals surface area contributed by atoms with Crippen LogP contribution in [0.3, 0.4) is 0 Å². The molecule has 1 unspecified atom stereocenters. The van der Waals surface area contributed by atoms with Crippen molar-refractivity contribution < 1.29 is 14.3 Å². The first kappa shape index (κ1) is 19.4. The maximum atomic E-state index is 12.7. The number of amides is 1. The number of fused-ring (bicyclic) bond motifs is 2. The Balaban J connectivity index is 1.48. The first-order valence-corrected chi connectivity index (χ1v) is 10.1. The van der Waals surface area contributed by atoms with Gasteiger partial charge in [-0.1, -0.05) is 22.0 Å². The first-order valence-electron chi connectivity index (χ1n) is 9.35. The van der Waals surface area contributed by atoms with Gasteiger partial charge in [0.1, 0.15) is 6.54 Å². The number of hydrogen-bond donors (Lipinski definition) is 1. The largest absolute Gasteiger partial charge is 0.490 e. The number of carbonyl (C=O) groups excluding carboxylic acids is 1. The molecule has 2 aromatic carbocycles. The van der Waals surface area contributed by atoms with Crippen LogP contribution < -0.4 is 20.3 Å². The zero-order chi connectivity index (χ0) is 20.4. The Hall–Kier alpha value is -2.87. The van der Waals surface area contributed by atoms with Gasteiger partial charge in [-0.25, -0.2) is 4.98 Å². The fourth-order valence-corrected chi connectivity index (χ4v) is 3.58. The van der Waals surface area contributed by atoms with Crippen molar-refractivity contribution in [1.82, 2.24) is 14.9 Å². The van der Waals surface area contributed by atoms with Crippen LogP contribution >= 0.6 is 15.9 Å². The van der Waals surface area contributed by atoms with E-state index >= 15 is 0 Å². The van der Waals surface area contributed by atoms with Crippen molar-refractivity contribution in [3.05, 3.63) is 63.1 Å². The topological polar surface area (TPSA) is 82.5 Å². The normalized spacial score (nSPS) is 14.3. The molecule has 1 aliphatic rings. The van der Waals surface area contributed by atoms with Gasteiger partial charge in [0.15, 0.2) is 11.5 Å². The molecule has 1 aliphatic heterocycles. The third-order valence-corrected chi connectivity index (χ3v) is 5.24. The van der Waals surface area contributed by atoms with Gasteiger partial charge in [0, 0.05) is 10.9 Å². The third-order valence-electron chi connectivity index (χ3n) is 4.75. The Bertz CT molecular complexity index is 1130. The molecule has 2 heterocycles. The highest BCUT2D eigenvalue weighted by Crippen LogP contribution is 2.32. The minimum Gasteiger partial charge on any atom is -0.490 e. The lowest BCUT2D eigenvalue weighted by molar-refractivity contribution is -0.122. The molecular formula is C21H20BrN3O4. The van der Waals surface area contributed by atoms with Crippen LogP contribution in [0.15, 0.2) is 52.0 Å². The van der Waals surface area contributed by atoms with Gasteiger partial charge in [-0.05, 0) is 42.8 Å². The molecule has 4 rings (SSSR count). The molecule has 1 aromatic heterocycles. The number of ether oxygens (including phenoxy) is 2. The summed E-state index contributed by atoms with van der Waals surface area (Å²) < 4.78 is 13.4. The lowest BCUT2D eigenvalue weighted by atomic mass is 10.1. The highest BCUT2D eigenvalue weighted by Gasteiger charge is 2.16. The summed E-state index contributed by atoms with van der Waals surface area (Å²) >= 11 is 3.36. The summed E-state index contributed by atoms with van der Waals surface area (Å²) in [5, 5.41) is 3.39. The molecule has 0 saturated carbocycles. The third kappa shape index (κ3) is 4.27. The lowest BCUT2D eigenvalue weighted by Gasteiger charge is -2.17. The predicted molar refractivity (Wildman–Crippen MR) is 112 cm³/mol. The van der Waals surface area contributed by atoms with E-state index in [-0.39, 0.29) is 24.1 Å². The van der Waals surface area contributed by atoms with E-state index in [1.807, 2.05) is 31.2 Å². The number of halogens is 1. The van der Waals surface area contributed by atoms with Crippen LogP contribution in [0.25, 0.3) is 10.9 Å². The Morgan fingerprint density at radius 1 is 1.21 bits per heavy atom. The molecule has 1 N–H and O–H groups in total. The van der Waals surface area contributed by atoms with Gasteiger partial charge in [-0.15, -0.1) is 0 Å². The fraction of sp³-hybridized carbons (Fsp3) is 0.286. The maximum absolute atomic E-state index is 12.7. The van der Waals surface area contributed by atoms with Crippen molar-refractivity contribution in [3.8, 4) is 11.5 Å². The average molecular weight is 458 g/mol. The lowest BCUT2D eigenvalue weighted by Crippen LogP contribution is -2.34. The monoisotopic (exact) mass is 457 g/mol. The molecule has 8 heteroatoms. The van der Waals surface area contributed by atoms with E-state index in [4.69, 9.17) is 9.47 Å². The number of benzene rings is 2. The van der Waals surface area contributed by atoms with Gasteiger partial charge in [0.05, 0.1) is 36.5 Å². The number of carbonyl (C=O) groups is 1. The quantitative estimate of drug-likeness (QED) is 0.650. The van der Waals surface area contributed by atoms with E-state index < -0.39 is 0 Å². The number of aromatic nitrogens is 2. The van der Waals surface area contributed by atoms with Crippen LogP contribution in [-0.2, 0) is 11.3 Å². The highest BCUT2D eigenvalue weighted by atomic mass is 79.9. The van der Waals surface area contributed by atoms with Gasteiger partial charge in [-0.2, -0.15) is 0 Å². The van der Waals surface area contributed by atoms with E-state index in [0.717, 1.165) is 16.5 Å². The molecule has 0 saturated heterocycles. The van der Waals surface area contributed by atoms with Gasteiger partial charge >= 0.3 is 0 Å². The second kappa shape index (κ2) is 8.24. The molecule has 3 aromatic rings. The highest BCUT2D eigenvalue weighted by molar-refractivity contribution is 9.10. The van der Waals surface area contributed by atoms with Gasteiger partial charge in [0.2, 0.25) is 5.91 Å². The molecule has 0 aliphatic carbocycles. The first-order chi connectivity index (χ1) is 14.0. The fourth-order valence-electron chi connectivity index (χ4n) is 3.22. The van der Waals surface area contributed by atoms with Crippen LogP contribution in [-0.4, -0.2) is 28.7 Å². The number of hydrogen-bond acceptors (Lipinski definition) is 5. The molecule has 7 nitrogen and oxygen atoms in total. The Kier molecular flexibility index (Phi) is 5.53. The van der Waals surface area contributed by atoms with Crippen LogP contribution in [0, 0.1) is 0 Å². The maximum Gasteiger partial charge on any atom is 0.261 e. The van der Waals surface area contributed by atoms with Crippen LogP contribution in [0.4, 0.5) is 0 Å². The van der Waals surface area contributed by atoms with E-state index in [9.17, 15) is 9.59 Å². The van der Waals surface area contributed by atoms with Crippen molar-refractivity contribution in [2.45, 2.75) is 25.9 Å².